The maximum Gasteiger partial charge on any atom is 0.132 e. The van der Waals surface area contributed by atoms with Crippen molar-refractivity contribution < 1.29 is 0 Å². The van der Waals surface area contributed by atoms with Gasteiger partial charge in [0.2, 0.25) is 0 Å². The molecule has 1 aromatic heterocycles. The minimum absolute atomic E-state index is 0.890. The number of anilines is 1. The minimum Gasteiger partial charge on any atom is -0.356 e. The van der Waals surface area contributed by atoms with Gasteiger partial charge >= 0.3 is 0 Å². The fourth-order valence-corrected chi connectivity index (χ4v) is 2.42. The fraction of sp³-hybridized carbons (Fsp3) is 0.615. The first-order valence-electron chi connectivity index (χ1n) is 6.10. The van der Waals surface area contributed by atoms with Gasteiger partial charge in [0.05, 0.1) is 0 Å². The Morgan fingerprint density at radius 2 is 2.31 bits per heavy atom. The van der Waals surface area contributed by atoms with Gasteiger partial charge in [0.1, 0.15) is 5.82 Å². The Balaban J connectivity index is 2.14. The minimum atomic E-state index is 0.890. The molecule has 0 atom stereocenters. The molecule has 1 fully saturated rings. The van der Waals surface area contributed by atoms with Gasteiger partial charge in [-0.3, -0.25) is 0 Å². The average molecular weight is 283 g/mol. The topological polar surface area (TPSA) is 16.1 Å². The lowest BCUT2D eigenvalue weighted by Gasteiger charge is -2.25. The Morgan fingerprint density at radius 3 is 2.94 bits per heavy atom. The van der Waals surface area contributed by atoms with Gasteiger partial charge < -0.3 is 4.90 Å². The molecule has 0 saturated heterocycles. The second-order valence-electron chi connectivity index (χ2n) is 4.51. The van der Waals surface area contributed by atoms with E-state index in [2.05, 4.69) is 38.8 Å². The van der Waals surface area contributed by atoms with Crippen LogP contribution in [0.25, 0.3) is 0 Å². The van der Waals surface area contributed by atoms with Gasteiger partial charge in [0.25, 0.3) is 0 Å². The lowest BCUT2D eigenvalue weighted by Crippen LogP contribution is -2.28. The van der Waals surface area contributed by atoms with Crippen LogP contribution in [-0.2, 0) is 5.33 Å². The molecule has 1 saturated carbocycles. The molecular weight excluding hydrogens is 264 g/mol. The Bertz CT molecular complexity index is 336. The number of hydrogen-bond donors (Lipinski definition) is 0. The molecule has 0 spiro atoms. The van der Waals surface area contributed by atoms with Crippen LogP contribution < -0.4 is 4.90 Å². The first-order chi connectivity index (χ1) is 7.85. The molecule has 0 aromatic carbocycles. The van der Waals surface area contributed by atoms with E-state index >= 15 is 0 Å². The molecule has 1 aromatic rings. The third kappa shape index (κ3) is 2.97. The Labute approximate surface area is 106 Å². The van der Waals surface area contributed by atoms with Gasteiger partial charge in [-0.15, -0.1) is 0 Å². The summed E-state index contributed by atoms with van der Waals surface area (Å²) in [5.74, 6) is 2.09. The summed E-state index contributed by atoms with van der Waals surface area (Å²) in [6.07, 6.45) is 5.88. The quantitative estimate of drug-likeness (QED) is 0.741. The van der Waals surface area contributed by atoms with E-state index in [1.54, 1.807) is 0 Å². The highest BCUT2D eigenvalue weighted by Gasteiger charge is 2.25. The summed E-state index contributed by atoms with van der Waals surface area (Å²) in [5, 5.41) is 0.890. The van der Waals surface area contributed by atoms with Crippen molar-refractivity contribution in [1.82, 2.24) is 4.98 Å². The van der Waals surface area contributed by atoms with Gasteiger partial charge in [-0.2, -0.15) is 0 Å². The van der Waals surface area contributed by atoms with Crippen molar-refractivity contribution in [1.29, 1.82) is 0 Å². The van der Waals surface area contributed by atoms with E-state index in [0.29, 0.717) is 0 Å². The van der Waals surface area contributed by atoms with E-state index in [0.717, 1.165) is 17.8 Å². The van der Waals surface area contributed by atoms with E-state index in [-0.39, 0.29) is 0 Å². The SMILES string of the molecule is CCCN(CC1CC1)c1ncccc1CBr. The molecule has 1 aliphatic rings. The van der Waals surface area contributed by atoms with Crippen LogP contribution in [0.1, 0.15) is 31.7 Å². The van der Waals surface area contributed by atoms with Crippen molar-refractivity contribution in [2.24, 2.45) is 5.92 Å². The highest BCUT2D eigenvalue weighted by atomic mass is 79.9. The third-order valence-electron chi connectivity index (χ3n) is 2.98. The second kappa shape index (κ2) is 5.67. The van der Waals surface area contributed by atoms with E-state index in [1.165, 1.54) is 37.2 Å². The van der Waals surface area contributed by atoms with Crippen LogP contribution in [0.5, 0.6) is 0 Å². The summed E-state index contributed by atoms with van der Waals surface area (Å²) >= 11 is 3.54. The highest BCUT2D eigenvalue weighted by molar-refractivity contribution is 9.08. The number of rotatable bonds is 6. The lowest BCUT2D eigenvalue weighted by molar-refractivity contribution is 0.697. The van der Waals surface area contributed by atoms with Crippen molar-refractivity contribution in [3.8, 4) is 0 Å². The van der Waals surface area contributed by atoms with Crippen LogP contribution in [-0.4, -0.2) is 18.1 Å². The van der Waals surface area contributed by atoms with Gasteiger partial charge in [-0.1, -0.05) is 28.9 Å². The number of hydrogen-bond acceptors (Lipinski definition) is 2. The third-order valence-corrected chi connectivity index (χ3v) is 3.58. The van der Waals surface area contributed by atoms with Gasteiger partial charge in [-0.05, 0) is 31.2 Å². The van der Waals surface area contributed by atoms with Crippen molar-refractivity contribution >= 4 is 21.7 Å². The van der Waals surface area contributed by atoms with Crippen LogP contribution in [0.4, 0.5) is 5.82 Å². The van der Waals surface area contributed by atoms with Crippen LogP contribution >= 0.6 is 15.9 Å². The molecule has 0 bridgehead atoms. The molecule has 16 heavy (non-hydrogen) atoms. The predicted octanol–water partition coefficient (Wildman–Crippen LogP) is 3.60. The standard InChI is InChI=1S/C13H19BrN2/c1-2-8-16(10-11-5-6-11)13-12(9-14)4-3-7-15-13/h3-4,7,11H,2,5-6,8-10H2,1H3. The smallest absolute Gasteiger partial charge is 0.132 e. The molecule has 2 nitrogen and oxygen atoms in total. The number of aromatic nitrogens is 1. The molecule has 0 N–H and O–H groups in total. The second-order valence-corrected chi connectivity index (χ2v) is 5.07. The Hall–Kier alpha value is -0.570. The van der Waals surface area contributed by atoms with Crippen LogP contribution in [0, 0.1) is 5.92 Å². The summed E-state index contributed by atoms with van der Waals surface area (Å²) < 4.78 is 0. The predicted molar refractivity (Wildman–Crippen MR) is 72.1 cm³/mol. The molecule has 0 amide bonds. The maximum absolute atomic E-state index is 4.55. The number of nitrogens with zero attached hydrogens (tertiary/aromatic N) is 2. The number of pyridine rings is 1. The first-order valence-corrected chi connectivity index (χ1v) is 7.22. The monoisotopic (exact) mass is 282 g/mol. The zero-order valence-corrected chi connectivity index (χ0v) is 11.4. The number of alkyl halides is 1. The van der Waals surface area contributed by atoms with Gasteiger partial charge in [-0.25, -0.2) is 4.98 Å². The summed E-state index contributed by atoms with van der Waals surface area (Å²) in [5.41, 5.74) is 1.30. The summed E-state index contributed by atoms with van der Waals surface area (Å²) in [7, 11) is 0. The van der Waals surface area contributed by atoms with Crippen LogP contribution in [0.15, 0.2) is 18.3 Å². The van der Waals surface area contributed by atoms with Crippen molar-refractivity contribution in [2.75, 3.05) is 18.0 Å². The highest BCUT2D eigenvalue weighted by Crippen LogP contribution is 2.32. The first kappa shape index (κ1) is 11.9. The fourth-order valence-electron chi connectivity index (χ4n) is 1.98. The summed E-state index contributed by atoms with van der Waals surface area (Å²) in [6.45, 7) is 4.54. The van der Waals surface area contributed by atoms with Crippen molar-refractivity contribution in [3.63, 3.8) is 0 Å². The Kier molecular flexibility index (Phi) is 4.22. The molecule has 2 rings (SSSR count). The van der Waals surface area contributed by atoms with Crippen molar-refractivity contribution in [2.45, 2.75) is 31.5 Å². The summed E-state index contributed by atoms with van der Waals surface area (Å²) in [6, 6.07) is 4.17. The molecule has 3 heteroatoms. The summed E-state index contributed by atoms with van der Waals surface area (Å²) in [4.78, 5) is 7.00. The van der Waals surface area contributed by atoms with Gasteiger partial charge in [0.15, 0.2) is 0 Å². The molecule has 1 aliphatic carbocycles. The van der Waals surface area contributed by atoms with E-state index < -0.39 is 0 Å². The van der Waals surface area contributed by atoms with E-state index in [9.17, 15) is 0 Å². The van der Waals surface area contributed by atoms with Crippen molar-refractivity contribution in [3.05, 3.63) is 23.9 Å². The molecule has 0 radical (unpaired) electrons. The molecular formula is C13H19BrN2. The van der Waals surface area contributed by atoms with E-state index in [4.69, 9.17) is 0 Å². The van der Waals surface area contributed by atoms with Crippen LogP contribution in [0.3, 0.4) is 0 Å². The number of halogens is 1. The van der Waals surface area contributed by atoms with Gasteiger partial charge in [0, 0.05) is 30.2 Å². The zero-order valence-electron chi connectivity index (χ0n) is 9.82. The zero-order chi connectivity index (χ0) is 11.4. The van der Waals surface area contributed by atoms with Crippen LogP contribution in [0.2, 0.25) is 0 Å². The molecule has 0 unspecified atom stereocenters. The normalized spacial score (nSPS) is 15.1. The lowest BCUT2D eigenvalue weighted by atomic mass is 10.2. The largest absolute Gasteiger partial charge is 0.356 e. The average Bonchev–Trinajstić information content (AvgIpc) is 3.12. The maximum atomic E-state index is 4.55. The molecule has 88 valence electrons. The molecule has 0 aliphatic heterocycles. The van der Waals surface area contributed by atoms with E-state index in [1.807, 2.05) is 12.3 Å². The Morgan fingerprint density at radius 1 is 1.50 bits per heavy atom. The molecule has 1 heterocycles.